The minimum Gasteiger partial charge on any atom is -0.351 e. The molecule has 1 amide bonds. The largest absolute Gasteiger partial charge is 0.351 e. The summed E-state index contributed by atoms with van der Waals surface area (Å²) >= 11 is 5.08. The Bertz CT molecular complexity index is 674. The zero-order valence-corrected chi connectivity index (χ0v) is 15.0. The fourth-order valence-electron chi connectivity index (χ4n) is 2.12. The van der Waals surface area contributed by atoms with Gasteiger partial charge in [0.25, 0.3) is 0 Å². The quantitative estimate of drug-likeness (QED) is 0.684. The molecule has 0 aliphatic heterocycles. The molecule has 0 aliphatic carbocycles. The Morgan fingerprint density at radius 3 is 2.78 bits per heavy atom. The maximum Gasteiger partial charge on any atom is 0.234 e. The number of amides is 1. The van der Waals surface area contributed by atoms with Gasteiger partial charge in [-0.25, -0.2) is 4.39 Å². The van der Waals surface area contributed by atoms with Gasteiger partial charge >= 0.3 is 0 Å². The summed E-state index contributed by atoms with van der Waals surface area (Å²) in [6.45, 7) is 5.46. The summed E-state index contributed by atoms with van der Waals surface area (Å²) in [5.74, 6) is -0.440. The molecule has 1 heterocycles. The molecule has 23 heavy (non-hydrogen) atoms. The van der Waals surface area contributed by atoms with Crippen molar-refractivity contribution in [3.8, 4) is 0 Å². The van der Waals surface area contributed by atoms with E-state index < -0.39 is 0 Å². The van der Waals surface area contributed by atoms with Gasteiger partial charge in [-0.1, -0.05) is 24.3 Å². The third kappa shape index (κ3) is 5.89. The maximum atomic E-state index is 13.5. The van der Waals surface area contributed by atoms with E-state index in [2.05, 4.69) is 27.8 Å². The molecule has 1 aromatic carbocycles. The first kappa shape index (κ1) is 17.8. The minimum atomic E-state index is -0.306. The second kappa shape index (κ2) is 8.96. The Morgan fingerprint density at radius 2 is 2.13 bits per heavy atom. The number of benzene rings is 1. The van der Waals surface area contributed by atoms with Crippen LogP contribution in [0.4, 0.5) is 4.39 Å². The summed E-state index contributed by atoms with van der Waals surface area (Å²) in [7, 11) is 0. The normalized spacial score (nSPS) is 10.7. The van der Waals surface area contributed by atoms with Crippen molar-refractivity contribution in [1.29, 1.82) is 0 Å². The van der Waals surface area contributed by atoms with Gasteiger partial charge < -0.3 is 5.32 Å². The van der Waals surface area contributed by atoms with E-state index in [1.54, 1.807) is 35.6 Å². The Kier molecular flexibility index (Phi) is 6.95. The van der Waals surface area contributed by atoms with Crippen LogP contribution in [0.5, 0.6) is 0 Å². The van der Waals surface area contributed by atoms with Gasteiger partial charge in [0, 0.05) is 30.1 Å². The van der Waals surface area contributed by atoms with Crippen LogP contribution in [0.3, 0.4) is 0 Å². The van der Waals surface area contributed by atoms with Crippen molar-refractivity contribution >= 4 is 33.2 Å². The standard InChI is InChI=1S/C17H18BrFN2OS/c1-2-9-21(11-14-7-8-16(18)23-14)12-17(22)20-10-13-5-3-4-6-15(13)19/h2-8H,1,9-12H2,(H,20,22). The highest BCUT2D eigenvalue weighted by molar-refractivity contribution is 9.11. The highest BCUT2D eigenvalue weighted by Crippen LogP contribution is 2.23. The number of nitrogens with zero attached hydrogens (tertiary/aromatic N) is 1. The number of hydrogen-bond donors (Lipinski definition) is 1. The van der Waals surface area contributed by atoms with Gasteiger partial charge in [-0.3, -0.25) is 9.69 Å². The molecule has 122 valence electrons. The molecule has 0 saturated carbocycles. The van der Waals surface area contributed by atoms with Crippen LogP contribution < -0.4 is 5.32 Å². The van der Waals surface area contributed by atoms with Gasteiger partial charge in [-0.05, 0) is 34.1 Å². The Morgan fingerprint density at radius 1 is 1.35 bits per heavy atom. The molecule has 0 saturated heterocycles. The first-order valence-electron chi connectivity index (χ1n) is 7.16. The molecule has 3 nitrogen and oxygen atoms in total. The average molecular weight is 397 g/mol. The van der Waals surface area contributed by atoms with Gasteiger partial charge in [0.2, 0.25) is 5.91 Å². The number of halogens is 2. The predicted octanol–water partition coefficient (Wildman–Crippen LogP) is 3.95. The van der Waals surface area contributed by atoms with E-state index in [-0.39, 0.29) is 24.8 Å². The minimum absolute atomic E-state index is 0.134. The van der Waals surface area contributed by atoms with Gasteiger partial charge in [0.05, 0.1) is 10.3 Å². The number of carbonyl (C=O) groups is 1. The van der Waals surface area contributed by atoms with Crippen molar-refractivity contribution in [1.82, 2.24) is 10.2 Å². The summed E-state index contributed by atoms with van der Waals surface area (Å²) in [5.41, 5.74) is 0.485. The van der Waals surface area contributed by atoms with Crippen LogP contribution in [0.2, 0.25) is 0 Å². The maximum absolute atomic E-state index is 13.5. The smallest absolute Gasteiger partial charge is 0.234 e. The first-order chi connectivity index (χ1) is 11.1. The average Bonchev–Trinajstić information content (AvgIpc) is 2.92. The molecule has 0 fully saturated rings. The fraction of sp³-hybridized carbons (Fsp3) is 0.235. The zero-order chi connectivity index (χ0) is 16.7. The van der Waals surface area contributed by atoms with Crippen molar-refractivity contribution < 1.29 is 9.18 Å². The van der Waals surface area contributed by atoms with E-state index in [1.807, 2.05) is 17.0 Å². The van der Waals surface area contributed by atoms with Gasteiger partial charge in [0.15, 0.2) is 0 Å². The third-order valence-corrected chi connectivity index (χ3v) is 4.81. The molecule has 0 unspecified atom stereocenters. The van der Waals surface area contributed by atoms with E-state index in [0.717, 1.165) is 3.79 Å². The first-order valence-corrected chi connectivity index (χ1v) is 8.77. The lowest BCUT2D eigenvalue weighted by Crippen LogP contribution is -2.36. The van der Waals surface area contributed by atoms with E-state index in [4.69, 9.17) is 0 Å². The number of carbonyl (C=O) groups excluding carboxylic acids is 1. The summed E-state index contributed by atoms with van der Waals surface area (Å²) in [6.07, 6.45) is 1.77. The molecule has 0 radical (unpaired) electrons. The van der Waals surface area contributed by atoms with E-state index in [9.17, 15) is 9.18 Å². The summed E-state index contributed by atoms with van der Waals surface area (Å²) < 4.78 is 14.6. The van der Waals surface area contributed by atoms with Crippen molar-refractivity contribution in [3.05, 3.63) is 69.1 Å². The lowest BCUT2D eigenvalue weighted by Gasteiger charge is -2.19. The van der Waals surface area contributed by atoms with E-state index in [0.29, 0.717) is 18.7 Å². The van der Waals surface area contributed by atoms with Crippen molar-refractivity contribution in [2.45, 2.75) is 13.1 Å². The predicted molar refractivity (Wildman–Crippen MR) is 95.7 cm³/mol. The third-order valence-electron chi connectivity index (χ3n) is 3.20. The molecule has 0 atom stereocenters. The highest BCUT2D eigenvalue weighted by atomic mass is 79.9. The van der Waals surface area contributed by atoms with E-state index >= 15 is 0 Å². The SMILES string of the molecule is C=CCN(CC(=O)NCc1ccccc1F)Cc1ccc(Br)s1. The van der Waals surface area contributed by atoms with Crippen molar-refractivity contribution in [2.24, 2.45) is 0 Å². The topological polar surface area (TPSA) is 32.3 Å². The van der Waals surface area contributed by atoms with Crippen LogP contribution >= 0.6 is 27.3 Å². The van der Waals surface area contributed by atoms with Crippen LogP contribution in [-0.2, 0) is 17.9 Å². The number of rotatable bonds is 8. The summed E-state index contributed by atoms with van der Waals surface area (Å²) in [4.78, 5) is 15.2. The number of hydrogen-bond acceptors (Lipinski definition) is 3. The Labute approximate surface area is 147 Å². The lowest BCUT2D eigenvalue weighted by molar-refractivity contribution is -0.122. The molecule has 2 aromatic rings. The molecule has 1 N–H and O–H groups in total. The van der Waals surface area contributed by atoms with Crippen LogP contribution in [0.25, 0.3) is 0 Å². The monoisotopic (exact) mass is 396 g/mol. The highest BCUT2D eigenvalue weighted by Gasteiger charge is 2.12. The second-order valence-electron chi connectivity index (χ2n) is 5.03. The van der Waals surface area contributed by atoms with Crippen LogP contribution in [0.1, 0.15) is 10.4 Å². The second-order valence-corrected chi connectivity index (χ2v) is 7.58. The molecule has 0 spiro atoms. The molecule has 0 aliphatic rings. The number of nitrogens with one attached hydrogen (secondary N) is 1. The van der Waals surface area contributed by atoms with Crippen LogP contribution in [-0.4, -0.2) is 23.9 Å². The lowest BCUT2D eigenvalue weighted by atomic mass is 10.2. The van der Waals surface area contributed by atoms with Crippen LogP contribution in [0, 0.1) is 5.82 Å². The van der Waals surface area contributed by atoms with Gasteiger partial charge in [-0.15, -0.1) is 17.9 Å². The molecule has 0 bridgehead atoms. The molecule has 1 aromatic heterocycles. The zero-order valence-electron chi connectivity index (χ0n) is 12.6. The van der Waals surface area contributed by atoms with Crippen molar-refractivity contribution in [3.63, 3.8) is 0 Å². The van der Waals surface area contributed by atoms with Crippen LogP contribution in [0.15, 0.2) is 52.8 Å². The molecule has 2 rings (SSSR count). The van der Waals surface area contributed by atoms with Gasteiger partial charge in [0.1, 0.15) is 5.82 Å². The molecular formula is C17H18BrFN2OS. The van der Waals surface area contributed by atoms with Gasteiger partial charge in [-0.2, -0.15) is 0 Å². The Balaban J connectivity index is 1.87. The van der Waals surface area contributed by atoms with Crippen molar-refractivity contribution in [2.75, 3.05) is 13.1 Å². The summed E-state index contributed by atoms with van der Waals surface area (Å²) in [6, 6.07) is 10.5. The Hall–Kier alpha value is -1.50. The fourth-order valence-corrected chi connectivity index (χ4v) is 3.64. The molecular weight excluding hydrogens is 379 g/mol. The summed E-state index contributed by atoms with van der Waals surface area (Å²) in [5, 5.41) is 2.76. The van der Waals surface area contributed by atoms with E-state index in [1.165, 1.54) is 10.9 Å². The molecule has 6 heteroatoms. The number of thiophene rings is 1.